The summed E-state index contributed by atoms with van der Waals surface area (Å²) < 4.78 is 25.8. The van der Waals surface area contributed by atoms with E-state index in [2.05, 4.69) is 5.10 Å². The number of rotatable bonds is 3. The highest BCUT2D eigenvalue weighted by molar-refractivity contribution is 6.31. The van der Waals surface area contributed by atoms with Crippen LogP contribution < -0.4 is 0 Å². The fraction of sp³-hybridized carbons (Fsp3) is 0.625. The van der Waals surface area contributed by atoms with Crippen LogP contribution in [0.3, 0.4) is 0 Å². The molecule has 80 valence electrons. The molecule has 1 N–H and O–H groups in total. The van der Waals surface area contributed by atoms with Gasteiger partial charge in [0.25, 0.3) is 6.43 Å². The van der Waals surface area contributed by atoms with Crippen LogP contribution in [-0.4, -0.2) is 21.3 Å². The maximum absolute atomic E-state index is 12.3. The molecule has 0 amide bonds. The molecule has 6 heteroatoms. The first-order valence-corrected chi connectivity index (χ1v) is 4.52. The molecule has 1 atom stereocenters. The normalized spacial score (nSPS) is 14.0. The van der Waals surface area contributed by atoms with Gasteiger partial charge in [0, 0.05) is 6.04 Å². The fourth-order valence-corrected chi connectivity index (χ4v) is 1.40. The van der Waals surface area contributed by atoms with Crippen molar-refractivity contribution in [2.24, 2.45) is 0 Å². The first-order valence-electron chi connectivity index (χ1n) is 4.14. The van der Waals surface area contributed by atoms with Gasteiger partial charge in [0.2, 0.25) is 0 Å². The van der Waals surface area contributed by atoms with Crippen LogP contribution in [-0.2, 0) is 0 Å². The number of aromatic nitrogens is 2. The predicted molar refractivity (Wildman–Crippen MR) is 48.6 cm³/mol. The molecule has 1 rings (SSSR count). The standard InChI is InChI=1S/C8H11ClF2N2O/c1-4(2)13-6(5(9)3-12-13)7(14)8(10)11/h3-4,7-8,14H,1-2H3. The Balaban J connectivity index is 3.10. The number of nitrogens with zero attached hydrogens (tertiary/aromatic N) is 2. The Kier molecular flexibility index (Phi) is 3.44. The predicted octanol–water partition coefficient (Wildman–Crippen LogP) is 2.42. The summed E-state index contributed by atoms with van der Waals surface area (Å²) >= 11 is 5.65. The summed E-state index contributed by atoms with van der Waals surface area (Å²) in [7, 11) is 0. The number of aliphatic hydroxyl groups is 1. The maximum Gasteiger partial charge on any atom is 0.269 e. The molecular weight excluding hydrogens is 214 g/mol. The van der Waals surface area contributed by atoms with E-state index in [-0.39, 0.29) is 16.8 Å². The van der Waals surface area contributed by atoms with E-state index in [0.29, 0.717) is 0 Å². The van der Waals surface area contributed by atoms with Gasteiger partial charge in [-0.1, -0.05) is 11.6 Å². The largest absolute Gasteiger partial charge is 0.381 e. The van der Waals surface area contributed by atoms with Gasteiger partial charge in [-0.05, 0) is 13.8 Å². The van der Waals surface area contributed by atoms with Crippen molar-refractivity contribution in [2.75, 3.05) is 0 Å². The average Bonchev–Trinajstić information content (AvgIpc) is 2.45. The molecule has 0 bridgehead atoms. The van der Waals surface area contributed by atoms with Crippen molar-refractivity contribution in [3.63, 3.8) is 0 Å². The van der Waals surface area contributed by atoms with Crippen molar-refractivity contribution in [3.05, 3.63) is 16.9 Å². The van der Waals surface area contributed by atoms with Gasteiger partial charge in [0.05, 0.1) is 16.9 Å². The van der Waals surface area contributed by atoms with Crippen molar-refractivity contribution in [1.82, 2.24) is 9.78 Å². The molecule has 1 aromatic heterocycles. The smallest absolute Gasteiger partial charge is 0.269 e. The zero-order valence-electron chi connectivity index (χ0n) is 7.78. The van der Waals surface area contributed by atoms with Crippen molar-refractivity contribution in [3.8, 4) is 0 Å². The minimum Gasteiger partial charge on any atom is -0.381 e. The first kappa shape index (κ1) is 11.4. The quantitative estimate of drug-likeness (QED) is 0.856. The summed E-state index contributed by atoms with van der Waals surface area (Å²) in [6, 6.07) is -0.120. The van der Waals surface area contributed by atoms with Gasteiger partial charge in [-0.3, -0.25) is 4.68 Å². The van der Waals surface area contributed by atoms with Gasteiger partial charge in [0.15, 0.2) is 6.10 Å². The summed E-state index contributed by atoms with van der Waals surface area (Å²) in [6.45, 7) is 3.54. The third-order valence-electron chi connectivity index (χ3n) is 1.79. The molecular formula is C8H11ClF2N2O. The lowest BCUT2D eigenvalue weighted by atomic mass is 10.2. The number of hydrogen-bond acceptors (Lipinski definition) is 2. The Morgan fingerprint density at radius 2 is 2.07 bits per heavy atom. The van der Waals surface area contributed by atoms with E-state index < -0.39 is 12.5 Å². The highest BCUT2D eigenvalue weighted by Crippen LogP contribution is 2.28. The molecule has 0 saturated heterocycles. The fourth-order valence-electron chi connectivity index (χ4n) is 1.16. The van der Waals surface area contributed by atoms with Crippen LogP contribution in [0.4, 0.5) is 8.78 Å². The summed E-state index contributed by atoms with van der Waals surface area (Å²) in [4.78, 5) is 0. The van der Waals surface area contributed by atoms with Crippen LogP contribution >= 0.6 is 11.6 Å². The van der Waals surface area contributed by atoms with Crippen LogP contribution in [0.25, 0.3) is 0 Å². The Bertz CT molecular complexity index is 314. The molecule has 1 unspecified atom stereocenters. The van der Waals surface area contributed by atoms with Crippen LogP contribution in [0.15, 0.2) is 6.20 Å². The SMILES string of the molecule is CC(C)n1ncc(Cl)c1C(O)C(F)F. The van der Waals surface area contributed by atoms with Crippen LogP contribution in [0.5, 0.6) is 0 Å². The molecule has 1 heterocycles. The Morgan fingerprint density at radius 3 is 2.50 bits per heavy atom. The van der Waals surface area contributed by atoms with E-state index in [9.17, 15) is 13.9 Å². The second-order valence-corrected chi connectivity index (χ2v) is 3.60. The Hall–Kier alpha value is -0.680. The van der Waals surface area contributed by atoms with E-state index in [1.165, 1.54) is 10.9 Å². The summed E-state index contributed by atoms with van der Waals surface area (Å²) in [6.07, 6.45) is -3.49. The molecule has 0 aliphatic carbocycles. The van der Waals surface area contributed by atoms with E-state index >= 15 is 0 Å². The van der Waals surface area contributed by atoms with Gasteiger partial charge in [-0.2, -0.15) is 5.10 Å². The zero-order chi connectivity index (χ0) is 10.9. The van der Waals surface area contributed by atoms with Gasteiger partial charge >= 0.3 is 0 Å². The summed E-state index contributed by atoms with van der Waals surface area (Å²) in [5.41, 5.74) is -0.0309. The van der Waals surface area contributed by atoms with Crippen LogP contribution in [0, 0.1) is 0 Å². The van der Waals surface area contributed by atoms with E-state index in [1.54, 1.807) is 13.8 Å². The molecule has 0 aromatic carbocycles. The van der Waals surface area contributed by atoms with Gasteiger partial charge in [-0.15, -0.1) is 0 Å². The maximum atomic E-state index is 12.3. The van der Waals surface area contributed by atoms with Crippen molar-refractivity contribution >= 4 is 11.6 Å². The Labute approximate surface area is 85.3 Å². The summed E-state index contributed by atoms with van der Waals surface area (Å²) in [5, 5.41) is 13.1. The third kappa shape index (κ3) is 2.04. The van der Waals surface area contributed by atoms with E-state index in [1.807, 2.05) is 0 Å². The van der Waals surface area contributed by atoms with Crippen molar-refractivity contribution in [2.45, 2.75) is 32.4 Å². The average molecular weight is 225 g/mol. The van der Waals surface area contributed by atoms with Crippen molar-refractivity contribution in [1.29, 1.82) is 0 Å². The lowest BCUT2D eigenvalue weighted by Gasteiger charge is -2.15. The molecule has 0 radical (unpaired) electrons. The molecule has 0 spiro atoms. The molecule has 0 saturated carbocycles. The van der Waals surface area contributed by atoms with Gasteiger partial charge in [-0.25, -0.2) is 8.78 Å². The van der Waals surface area contributed by atoms with Crippen LogP contribution in [0.2, 0.25) is 5.02 Å². The molecule has 3 nitrogen and oxygen atoms in total. The topological polar surface area (TPSA) is 38.0 Å². The highest BCUT2D eigenvalue weighted by Gasteiger charge is 2.26. The molecule has 0 fully saturated rings. The highest BCUT2D eigenvalue weighted by atomic mass is 35.5. The number of halogens is 3. The van der Waals surface area contributed by atoms with Gasteiger partial charge in [0.1, 0.15) is 0 Å². The molecule has 14 heavy (non-hydrogen) atoms. The second-order valence-electron chi connectivity index (χ2n) is 3.20. The second kappa shape index (κ2) is 4.23. The zero-order valence-corrected chi connectivity index (χ0v) is 8.54. The van der Waals surface area contributed by atoms with E-state index in [0.717, 1.165) is 0 Å². The number of hydrogen-bond donors (Lipinski definition) is 1. The lowest BCUT2D eigenvalue weighted by molar-refractivity contribution is -0.0112. The minimum absolute atomic E-state index is 0.0309. The number of alkyl halides is 2. The molecule has 0 aliphatic rings. The van der Waals surface area contributed by atoms with Crippen LogP contribution in [0.1, 0.15) is 31.7 Å². The molecule has 1 aromatic rings. The lowest BCUT2D eigenvalue weighted by Crippen LogP contribution is -2.16. The minimum atomic E-state index is -2.86. The monoisotopic (exact) mass is 224 g/mol. The first-order chi connectivity index (χ1) is 6.45. The van der Waals surface area contributed by atoms with Crippen molar-refractivity contribution < 1.29 is 13.9 Å². The summed E-state index contributed by atoms with van der Waals surface area (Å²) in [5.74, 6) is 0. The Morgan fingerprint density at radius 1 is 1.50 bits per heavy atom. The van der Waals surface area contributed by atoms with E-state index in [4.69, 9.17) is 11.6 Å². The number of aliphatic hydroxyl groups excluding tert-OH is 1. The van der Waals surface area contributed by atoms with Gasteiger partial charge < -0.3 is 5.11 Å². The molecule has 0 aliphatic heterocycles. The third-order valence-corrected chi connectivity index (χ3v) is 2.09.